The fourth-order valence-corrected chi connectivity index (χ4v) is 2.10. The second kappa shape index (κ2) is 6.31. The van der Waals surface area contributed by atoms with E-state index in [9.17, 15) is 25.3 Å². The third kappa shape index (κ3) is 3.44. The molecule has 0 amide bonds. The number of non-ortho nitro benzene ring substituents is 2. The zero-order valence-electron chi connectivity index (χ0n) is 10.8. The van der Waals surface area contributed by atoms with Crippen molar-refractivity contribution in [3.05, 3.63) is 66.7 Å². The fourth-order valence-electron chi connectivity index (χ4n) is 1.64. The Bertz CT molecular complexity index is 791. The van der Waals surface area contributed by atoms with Crippen LogP contribution in [0.5, 0.6) is 5.75 Å². The molecule has 0 aliphatic carbocycles. The Labute approximate surface area is 132 Å². The van der Waals surface area contributed by atoms with Gasteiger partial charge in [0.05, 0.1) is 20.0 Å². The van der Waals surface area contributed by atoms with Gasteiger partial charge in [0.1, 0.15) is 5.75 Å². The van der Waals surface area contributed by atoms with Crippen LogP contribution in [0.25, 0.3) is 0 Å². The van der Waals surface area contributed by atoms with E-state index in [1.165, 1.54) is 36.5 Å². The lowest BCUT2D eigenvalue weighted by Crippen LogP contribution is -1.92. The average molecular weight is 366 g/mol. The number of aliphatic imine (C=N–C) groups is 1. The maximum Gasteiger partial charge on any atom is 0.271 e. The fraction of sp³-hybridized carbons (Fsp3) is 0. The Morgan fingerprint density at radius 2 is 1.77 bits per heavy atom. The van der Waals surface area contributed by atoms with E-state index in [-0.39, 0.29) is 32.8 Å². The van der Waals surface area contributed by atoms with E-state index in [1.54, 1.807) is 0 Å². The number of benzene rings is 2. The van der Waals surface area contributed by atoms with Gasteiger partial charge in [0.15, 0.2) is 0 Å². The summed E-state index contributed by atoms with van der Waals surface area (Å²) in [5, 5.41) is 31.3. The van der Waals surface area contributed by atoms with Crippen LogP contribution >= 0.6 is 15.9 Å². The molecule has 0 aliphatic rings. The summed E-state index contributed by atoms with van der Waals surface area (Å²) in [7, 11) is 0. The molecule has 8 nitrogen and oxygen atoms in total. The normalized spacial score (nSPS) is 10.8. The predicted molar refractivity (Wildman–Crippen MR) is 82.8 cm³/mol. The third-order valence-electron chi connectivity index (χ3n) is 2.68. The highest BCUT2D eigenvalue weighted by atomic mass is 79.9. The number of nitro benzene ring substituents is 2. The molecular formula is C13H8BrN3O5. The van der Waals surface area contributed by atoms with Gasteiger partial charge >= 0.3 is 0 Å². The first kappa shape index (κ1) is 15.6. The number of halogens is 1. The molecular weight excluding hydrogens is 358 g/mol. The van der Waals surface area contributed by atoms with E-state index in [0.717, 1.165) is 6.07 Å². The number of hydrogen-bond donors (Lipinski definition) is 1. The first-order valence-corrected chi connectivity index (χ1v) is 6.63. The molecule has 0 atom stereocenters. The summed E-state index contributed by atoms with van der Waals surface area (Å²) in [6.07, 6.45) is 1.20. The third-order valence-corrected chi connectivity index (χ3v) is 3.29. The Morgan fingerprint density at radius 1 is 1.09 bits per heavy atom. The quantitative estimate of drug-likeness (QED) is 0.502. The summed E-state index contributed by atoms with van der Waals surface area (Å²) >= 11 is 3.02. The number of nitro groups is 2. The van der Waals surface area contributed by atoms with Crippen molar-refractivity contribution in [1.29, 1.82) is 0 Å². The van der Waals surface area contributed by atoms with E-state index < -0.39 is 9.85 Å². The summed E-state index contributed by atoms with van der Waals surface area (Å²) in [5.41, 5.74) is 0.0630. The molecule has 0 unspecified atom stereocenters. The summed E-state index contributed by atoms with van der Waals surface area (Å²) in [6, 6.07) is 7.89. The van der Waals surface area contributed by atoms with Gasteiger partial charge in [-0.1, -0.05) is 6.07 Å². The van der Waals surface area contributed by atoms with E-state index in [4.69, 9.17) is 0 Å². The number of hydrogen-bond acceptors (Lipinski definition) is 6. The molecule has 2 aromatic carbocycles. The molecule has 112 valence electrons. The first-order chi connectivity index (χ1) is 10.4. The van der Waals surface area contributed by atoms with Crippen LogP contribution in [0.4, 0.5) is 17.1 Å². The Hall–Kier alpha value is -2.81. The number of aromatic hydroxyl groups is 1. The lowest BCUT2D eigenvalue weighted by molar-refractivity contribution is -0.385. The highest BCUT2D eigenvalue weighted by Crippen LogP contribution is 2.32. The summed E-state index contributed by atoms with van der Waals surface area (Å²) in [6.45, 7) is 0. The standard InChI is InChI=1S/C13H8BrN3O5/c14-12-6-11(17(21)22)4-8(13(12)18)7-15-9-2-1-3-10(5-9)16(19)20/h1-7,18H. The van der Waals surface area contributed by atoms with Crippen molar-refractivity contribution in [3.63, 3.8) is 0 Å². The van der Waals surface area contributed by atoms with Crippen molar-refractivity contribution >= 4 is 39.2 Å². The topological polar surface area (TPSA) is 119 Å². The van der Waals surface area contributed by atoms with Crippen molar-refractivity contribution in [2.75, 3.05) is 0 Å². The lowest BCUT2D eigenvalue weighted by Gasteiger charge is -2.02. The molecule has 0 saturated carbocycles. The van der Waals surface area contributed by atoms with Gasteiger partial charge in [-0.25, -0.2) is 0 Å². The van der Waals surface area contributed by atoms with E-state index >= 15 is 0 Å². The lowest BCUT2D eigenvalue weighted by atomic mass is 10.2. The molecule has 0 fully saturated rings. The largest absolute Gasteiger partial charge is 0.506 e. The molecule has 2 aromatic rings. The van der Waals surface area contributed by atoms with Crippen LogP contribution in [0, 0.1) is 20.2 Å². The van der Waals surface area contributed by atoms with Gasteiger partial charge in [0.2, 0.25) is 0 Å². The van der Waals surface area contributed by atoms with E-state index in [1.807, 2.05) is 0 Å². The zero-order chi connectivity index (χ0) is 16.3. The maximum absolute atomic E-state index is 10.8. The van der Waals surface area contributed by atoms with Crippen molar-refractivity contribution in [1.82, 2.24) is 0 Å². The minimum atomic E-state index is -0.602. The molecule has 22 heavy (non-hydrogen) atoms. The monoisotopic (exact) mass is 365 g/mol. The molecule has 0 bridgehead atoms. The van der Waals surface area contributed by atoms with Crippen LogP contribution in [0.3, 0.4) is 0 Å². The molecule has 0 heterocycles. The van der Waals surface area contributed by atoms with Gasteiger partial charge in [0.25, 0.3) is 11.4 Å². The summed E-state index contributed by atoms with van der Waals surface area (Å²) in [5.74, 6) is -0.209. The second-order valence-corrected chi connectivity index (χ2v) is 5.01. The summed E-state index contributed by atoms with van der Waals surface area (Å²) in [4.78, 5) is 24.3. The molecule has 0 saturated heterocycles. The predicted octanol–water partition coefficient (Wildman–Crippen LogP) is 3.72. The Kier molecular flexibility index (Phi) is 4.47. The van der Waals surface area contributed by atoms with E-state index in [2.05, 4.69) is 20.9 Å². The van der Waals surface area contributed by atoms with Crippen LogP contribution in [0.1, 0.15) is 5.56 Å². The minimum absolute atomic E-state index is 0.118. The maximum atomic E-state index is 10.8. The molecule has 0 aromatic heterocycles. The van der Waals surface area contributed by atoms with Gasteiger partial charge in [-0.2, -0.15) is 0 Å². The van der Waals surface area contributed by atoms with Crippen LogP contribution < -0.4 is 0 Å². The van der Waals surface area contributed by atoms with Crippen molar-refractivity contribution in [3.8, 4) is 5.75 Å². The number of nitrogens with zero attached hydrogens (tertiary/aromatic N) is 3. The van der Waals surface area contributed by atoms with Crippen molar-refractivity contribution in [2.45, 2.75) is 0 Å². The molecule has 2 rings (SSSR count). The smallest absolute Gasteiger partial charge is 0.271 e. The molecule has 0 radical (unpaired) electrons. The first-order valence-electron chi connectivity index (χ1n) is 5.84. The van der Waals surface area contributed by atoms with Crippen LogP contribution in [0.2, 0.25) is 0 Å². The molecule has 0 aliphatic heterocycles. The van der Waals surface area contributed by atoms with Gasteiger partial charge in [-0.15, -0.1) is 0 Å². The zero-order valence-corrected chi connectivity index (χ0v) is 12.4. The van der Waals surface area contributed by atoms with Gasteiger partial charge in [0, 0.05) is 36.0 Å². The number of phenols is 1. The van der Waals surface area contributed by atoms with Crippen molar-refractivity contribution < 1.29 is 15.0 Å². The summed E-state index contributed by atoms with van der Waals surface area (Å²) < 4.78 is 0.155. The van der Waals surface area contributed by atoms with Crippen LogP contribution in [0.15, 0.2) is 45.9 Å². The molecule has 9 heteroatoms. The minimum Gasteiger partial charge on any atom is -0.506 e. The number of rotatable bonds is 4. The van der Waals surface area contributed by atoms with Gasteiger partial charge in [-0.3, -0.25) is 25.2 Å². The SMILES string of the molecule is O=[N+]([O-])c1cccc(N=Cc2cc([N+](=O)[O-])cc(Br)c2O)c1. The van der Waals surface area contributed by atoms with Gasteiger partial charge in [-0.05, 0) is 22.0 Å². The van der Waals surface area contributed by atoms with E-state index in [0.29, 0.717) is 0 Å². The van der Waals surface area contributed by atoms with Gasteiger partial charge < -0.3 is 5.11 Å². The Balaban J connectivity index is 2.39. The van der Waals surface area contributed by atoms with Crippen LogP contribution in [-0.4, -0.2) is 21.2 Å². The highest BCUT2D eigenvalue weighted by Gasteiger charge is 2.13. The molecule has 1 N–H and O–H groups in total. The van der Waals surface area contributed by atoms with Crippen molar-refractivity contribution in [2.24, 2.45) is 4.99 Å². The van der Waals surface area contributed by atoms with Crippen LogP contribution in [-0.2, 0) is 0 Å². The highest BCUT2D eigenvalue weighted by molar-refractivity contribution is 9.10. The average Bonchev–Trinajstić information content (AvgIpc) is 2.48. The number of phenolic OH excluding ortho intramolecular Hbond substituents is 1. The Morgan fingerprint density at radius 3 is 2.41 bits per heavy atom. The molecule has 0 spiro atoms. The second-order valence-electron chi connectivity index (χ2n) is 4.16.